The summed E-state index contributed by atoms with van der Waals surface area (Å²) in [6.07, 6.45) is -0.435. The lowest BCUT2D eigenvalue weighted by Gasteiger charge is -2.06. The van der Waals surface area contributed by atoms with Crippen LogP contribution in [-0.2, 0) is 11.2 Å². The number of aliphatic carboxylic acids is 1. The van der Waals surface area contributed by atoms with Crippen molar-refractivity contribution in [2.24, 2.45) is 0 Å². The Morgan fingerprint density at radius 2 is 2.12 bits per heavy atom. The minimum Gasteiger partial charge on any atom is -0.479 e. The van der Waals surface area contributed by atoms with Crippen molar-refractivity contribution in [3.8, 4) is 0 Å². The fraction of sp³-hybridized carbons (Fsp3) is 0.167. The van der Waals surface area contributed by atoms with E-state index in [4.69, 9.17) is 5.11 Å². The van der Waals surface area contributed by atoms with Gasteiger partial charge in [-0.15, -0.1) is 0 Å². The molecule has 0 aliphatic heterocycles. The van der Waals surface area contributed by atoms with Gasteiger partial charge >= 0.3 is 5.97 Å². The quantitative estimate of drug-likeness (QED) is 0.860. The van der Waals surface area contributed by atoms with Crippen molar-refractivity contribution < 1.29 is 14.3 Å². The summed E-state index contributed by atoms with van der Waals surface area (Å²) in [6, 6.07) is 8.93. The maximum atomic E-state index is 13.1. The standard InChI is InChI=1S/C12H10FNO2/c13-10(12(15)16)7-8-5-6-14-11-4-2-1-3-9(8)11/h1-6,10H,7H2,(H,15,16). The summed E-state index contributed by atoms with van der Waals surface area (Å²) in [7, 11) is 0. The Labute approximate surface area is 91.5 Å². The summed E-state index contributed by atoms with van der Waals surface area (Å²) in [5, 5.41) is 9.32. The van der Waals surface area contributed by atoms with Gasteiger partial charge in [0, 0.05) is 18.0 Å². The summed E-state index contributed by atoms with van der Waals surface area (Å²) in [4.78, 5) is 14.6. The number of hydrogen-bond acceptors (Lipinski definition) is 2. The minimum absolute atomic E-state index is 0.127. The minimum atomic E-state index is -1.87. The number of fused-ring (bicyclic) bond motifs is 1. The van der Waals surface area contributed by atoms with Crippen LogP contribution < -0.4 is 0 Å². The predicted octanol–water partition coefficient (Wildman–Crippen LogP) is 2.20. The second kappa shape index (κ2) is 4.26. The first kappa shape index (κ1) is 10.5. The van der Waals surface area contributed by atoms with E-state index in [1.807, 2.05) is 24.3 Å². The zero-order valence-electron chi connectivity index (χ0n) is 8.43. The number of benzene rings is 1. The van der Waals surface area contributed by atoms with Crippen molar-refractivity contribution in [1.82, 2.24) is 4.98 Å². The summed E-state index contributed by atoms with van der Waals surface area (Å²) < 4.78 is 13.1. The first-order valence-corrected chi connectivity index (χ1v) is 4.88. The van der Waals surface area contributed by atoms with Gasteiger partial charge in [-0.05, 0) is 17.7 Å². The molecular formula is C12H10FNO2. The maximum absolute atomic E-state index is 13.1. The molecule has 0 amide bonds. The number of halogens is 1. The van der Waals surface area contributed by atoms with Gasteiger partial charge in [0.1, 0.15) is 0 Å². The van der Waals surface area contributed by atoms with Crippen molar-refractivity contribution in [1.29, 1.82) is 0 Å². The number of carboxylic acids is 1. The van der Waals surface area contributed by atoms with Gasteiger partial charge in [0.15, 0.2) is 0 Å². The third kappa shape index (κ3) is 2.00. The summed E-state index contributed by atoms with van der Waals surface area (Å²) >= 11 is 0. The van der Waals surface area contributed by atoms with Crippen LogP contribution in [-0.4, -0.2) is 22.2 Å². The molecule has 3 nitrogen and oxygen atoms in total. The summed E-state index contributed by atoms with van der Waals surface area (Å²) in [6.45, 7) is 0. The van der Waals surface area contributed by atoms with E-state index >= 15 is 0 Å². The second-order valence-corrected chi connectivity index (χ2v) is 3.50. The van der Waals surface area contributed by atoms with Crippen molar-refractivity contribution in [3.63, 3.8) is 0 Å². The maximum Gasteiger partial charge on any atom is 0.338 e. The van der Waals surface area contributed by atoms with E-state index in [9.17, 15) is 9.18 Å². The fourth-order valence-corrected chi connectivity index (χ4v) is 1.61. The zero-order valence-corrected chi connectivity index (χ0v) is 8.43. The van der Waals surface area contributed by atoms with Crippen molar-refractivity contribution in [2.75, 3.05) is 0 Å². The molecule has 16 heavy (non-hydrogen) atoms. The lowest BCUT2D eigenvalue weighted by Crippen LogP contribution is -2.17. The molecule has 0 spiro atoms. The number of para-hydroxylation sites is 1. The van der Waals surface area contributed by atoms with Crippen LogP contribution in [0, 0.1) is 0 Å². The van der Waals surface area contributed by atoms with Crippen molar-refractivity contribution in [3.05, 3.63) is 42.1 Å². The average Bonchev–Trinajstić information content (AvgIpc) is 2.29. The Morgan fingerprint density at radius 3 is 2.88 bits per heavy atom. The molecule has 0 saturated carbocycles. The van der Waals surface area contributed by atoms with E-state index < -0.39 is 12.1 Å². The van der Waals surface area contributed by atoms with E-state index in [1.165, 1.54) is 0 Å². The smallest absolute Gasteiger partial charge is 0.338 e. The molecule has 0 fully saturated rings. The second-order valence-electron chi connectivity index (χ2n) is 3.50. The normalized spacial score (nSPS) is 12.6. The highest BCUT2D eigenvalue weighted by atomic mass is 19.1. The largest absolute Gasteiger partial charge is 0.479 e. The Bertz CT molecular complexity index is 522. The number of pyridine rings is 1. The molecule has 0 bridgehead atoms. The Balaban J connectivity index is 2.41. The molecule has 1 heterocycles. The summed E-state index contributed by atoms with van der Waals surface area (Å²) in [5.74, 6) is -1.43. The van der Waals surface area contributed by atoms with Gasteiger partial charge < -0.3 is 5.11 Å². The Morgan fingerprint density at radius 1 is 1.38 bits per heavy atom. The SMILES string of the molecule is O=C(O)C(F)Cc1ccnc2ccccc12. The molecule has 2 aromatic rings. The Kier molecular flexibility index (Phi) is 2.81. The highest BCUT2D eigenvalue weighted by molar-refractivity contribution is 5.83. The molecule has 2 rings (SSSR count). The number of aromatic nitrogens is 1. The molecule has 0 aliphatic rings. The first-order valence-electron chi connectivity index (χ1n) is 4.88. The van der Waals surface area contributed by atoms with Gasteiger partial charge in [0.2, 0.25) is 6.17 Å². The number of alkyl halides is 1. The Hall–Kier alpha value is -1.97. The number of carbonyl (C=O) groups is 1. The number of carboxylic acid groups (broad SMARTS) is 1. The third-order valence-corrected chi connectivity index (χ3v) is 2.41. The summed E-state index contributed by atoms with van der Waals surface area (Å²) in [5.41, 5.74) is 1.41. The van der Waals surface area contributed by atoms with Crippen molar-refractivity contribution in [2.45, 2.75) is 12.6 Å². The number of rotatable bonds is 3. The van der Waals surface area contributed by atoms with Crippen LogP contribution in [0.25, 0.3) is 10.9 Å². The van der Waals surface area contributed by atoms with E-state index in [2.05, 4.69) is 4.98 Å². The molecule has 1 aromatic heterocycles. The molecule has 1 aromatic carbocycles. The van der Waals surface area contributed by atoms with Gasteiger partial charge in [-0.25, -0.2) is 9.18 Å². The molecule has 1 unspecified atom stereocenters. The molecular weight excluding hydrogens is 209 g/mol. The molecule has 0 saturated heterocycles. The van der Waals surface area contributed by atoms with E-state index in [0.29, 0.717) is 5.56 Å². The molecule has 82 valence electrons. The van der Waals surface area contributed by atoms with Crippen molar-refractivity contribution >= 4 is 16.9 Å². The van der Waals surface area contributed by atoms with Crippen LogP contribution in [0.2, 0.25) is 0 Å². The molecule has 1 atom stereocenters. The molecule has 1 N–H and O–H groups in total. The number of nitrogens with zero attached hydrogens (tertiary/aromatic N) is 1. The van der Waals surface area contributed by atoms with Crippen LogP contribution in [0.5, 0.6) is 0 Å². The number of hydrogen-bond donors (Lipinski definition) is 1. The van der Waals surface area contributed by atoms with E-state index in [1.54, 1.807) is 12.3 Å². The van der Waals surface area contributed by atoms with E-state index in [0.717, 1.165) is 10.9 Å². The molecule has 0 aliphatic carbocycles. The van der Waals surface area contributed by atoms with E-state index in [-0.39, 0.29) is 6.42 Å². The van der Waals surface area contributed by atoms with Crippen LogP contribution >= 0.6 is 0 Å². The third-order valence-electron chi connectivity index (χ3n) is 2.41. The monoisotopic (exact) mass is 219 g/mol. The van der Waals surface area contributed by atoms with Crippen LogP contribution in [0.15, 0.2) is 36.5 Å². The average molecular weight is 219 g/mol. The highest BCUT2D eigenvalue weighted by Crippen LogP contribution is 2.18. The predicted molar refractivity (Wildman–Crippen MR) is 58.0 cm³/mol. The van der Waals surface area contributed by atoms with Crippen LogP contribution in [0.3, 0.4) is 0 Å². The fourth-order valence-electron chi connectivity index (χ4n) is 1.61. The molecule has 4 heteroatoms. The lowest BCUT2D eigenvalue weighted by atomic mass is 10.0. The van der Waals surface area contributed by atoms with Gasteiger partial charge in [0.25, 0.3) is 0 Å². The molecule has 0 radical (unpaired) electrons. The van der Waals surface area contributed by atoms with Gasteiger partial charge in [-0.3, -0.25) is 4.98 Å². The van der Waals surface area contributed by atoms with Crippen LogP contribution in [0.4, 0.5) is 4.39 Å². The van der Waals surface area contributed by atoms with Gasteiger partial charge in [-0.2, -0.15) is 0 Å². The van der Waals surface area contributed by atoms with Crippen LogP contribution in [0.1, 0.15) is 5.56 Å². The zero-order chi connectivity index (χ0) is 11.5. The topological polar surface area (TPSA) is 50.2 Å². The van der Waals surface area contributed by atoms with Gasteiger partial charge in [0.05, 0.1) is 5.52 Å². The first-order chi connectivity index (χ1) is 7.68. The van der Waals surface area contributed by atoms with Gasteiger partial charge in [-0.1, -0.05) is 18.2 Å². The highest BCUT2D eigenvalue weighted by Gasteiger charge is 2.17. The lowest BCUT2D eigenvalue weighted by molar-refractivity contribution is -0.142.